The third-order valence-electron chi connectivity index (χ3n) is 5.01. The Morgan fingerprint density at radius 2 is 1.90 bits per heavy atom. The molecule has 1 fully saturated rings. The molecular formula is C22H25ClFN5O2. The van der Waals surface area contributed by atoms with Crippen LogP contribution < -0.4 is 5.32 Å². The van der Waals surface area contributed by atoms with E-state index in [4.69, 9.17) is 11.6 Å². The van der Waals surface area contributed by atoms with Crippen molar-refractivity contribution >= 4 is 29.5 Å². The lowest BCUT2D eigenvalue weighted by Crippen LogP contribution is -2.50. The maximum atomic E-state index is 13.2. The number of rotatable bonds is 7. The van der Waals surface area contributed by atoms with Crippen molar-refractivity contribution in [2.24, 2.45) is 0 Å². The Kier molecular flexibility index (Phi) is 7.59. The molecule has 164 valence electrons. The molecule has 0 spiro atoms. The number of nitrogens with zero attached hydrogens (tertiary/aromatic N) is 4. The first-order valence-corrected chi connectivity index (χ1v) is 10.3. The molecule has 1 aromatic carbocycles. The summed E-state index contributed by atoms with van der Waals surface area (Å²) in [6, 6.07) is 5.85. The molecule has 2 heterocycles. The Morgan fingerprint density at radius 1 is 1.23 bits per heavy atom. The number of hydrogen-bond acceptors (Lipinski definition) is 4. The molecule has 31 heavy (non-hydrogen) atoms. The summed E-state index contributed by atoms with van der Waals surface area (Å²) in [7, 11) is 0. The van der Waals surface area contributed by atoms with Crippen LogP contribution in [0.4, 0.5) is 4.39 Å². The van der Waals surface area contributed by atoms with E-state index >= 15 is 0 Å². The van der Waals surface area contributed by atoms with Gasteiger partial charge in [0.15, 0.2) is 0 Å². The van der Waals surface area contributed by atoms with Gasteiger partial charge in [0.05, 0.1) is 17.9 Å². The standard InChI is InChI=1S/C22H25ClFN5O2/c1-3-10-25-20(30)15-27-11-13-28(14-12-27)21(31)9-8-19-16(2)26-29(22(19)23)18-6-4-17(24)5-7-18/h3-9H,1,10-15H2,2H3,(H,25,30)/b9-8+. The van der Waals surface area contributed by atoms with Crippen LogP contribution in [-0.4, -0.2) is 70.7 Å². The van der Waals surface area contributed by atoms with Crippen molar-refractivity contribution in [1.82, 2.24) is 24.9 Å². The number of halogens is 2. The number of carbonyl (C=O) groups is 2. The van der Waals surface area contributed by atoms with Gasteiger partial charge in [-0.25, -0.2) is 9.07 Å². The molecular weight excluding hydrogens is 421 g/mol. The van der Waals surface area contributed by atoms with Crippen LogP contribution in [0.25, 0.3) is 11.8 Å². The van der Waals surface area contributed by atoms with Crippen molar-refractivity contribution in [2.75, 3.05) is 39.3 Å². The third kappa shape index (κ3) is 5.80. The second-order valence-corrected chi connectivity index (χ2v) is 7.56. The molecule has 2 amide bonds. The lowest BCUT2D eigenvalue weighted by Gasteiger charge is -2.33. The van der Waals surface area contributed by atoms with Gasteiger partial charge in [0.1, 0.15) is 11.0 Å². The van der Waals surface area contributed by atoms with Crippen LogP contribution >= 0.6 is 11.6 Å². The van der Waals surface area contributed by atoms with E-state index in [0.29, 0.717) is 61.4 Å². The van der Waals surface area contributed by atoms with Gasteiger partial charge in [-0.05, 0) is 37.3 Å². The molecule has 0 atom stereocenters. The van der Waals surface area contributed by atoms with E-state index in [1.165, 1.54) is 22.9 Å². The fourth-order valence-electron chi connectivity index (χ4n) is 3.29. The predicted molar refractivity (Wildman–Crippen MR) is 119 cm³/mol. The van der Waals surface area contributed by atoms with Gasteiger partial charge in [-0.1, -0.05) is 17.7 Å². The van der Waals surface area contributed by atoms with Crippen molar-refractivity contribution in [3.63, 3.8) is 0 Å². The number of aromatic nitrogens is 2. The highest BCUT2D eigenvalue weighted by Gasteiger charge is 2.21. The number of carbonyl (C=O) groups excluding carboxylic acids is 2. The largest absolute Gasteiger partial charge is 0.352 e. The summed E-state index contributed by atoms with van der Waals surface area (Å²) >= 11 is 6.46. The number of nitrogens with one attached hydrogen (secondary N) is 1. The minimum Gasteiger partial charge on any atom is -0.352 e. The lowest BCUT2D eigenvalue weighted by atomic mass is 10.2. The molecule has 1 N–H and O–H groups in total. The molecule has 0 radical (unpaired) electrons. The van der Waals surface area contributed by atoms with Crippen LogP contribution in [0, 0.1) is 12.7 Å². The van der Waals surface area contributed by atoms with Crippen molar-refractivity contribution in [2.45, 2.75) is 6.92 Å². The van der Waals surface area contributed by atoms with E-state index in [1.54, 1.807) is 36.1 Å². The quantitative estimate of drug-likeness (QED) is 0.525. The molecule has 0 saturated carbocycles. The normalized spacial score (nSPS) is 14.7. The molecule has 2 aromatic rings. The van der Waals surface area contributed by atoms with Crippen LogP contribution in [0.5, 0.6) is 0 Å². The van der Waals surface area contributed by atoms with Crippen molar-refractivity contribution in [3.05, 3.63) is 65.2 Å². The number of hydrogen-bond donors (Lipinski definition) is 1. The van der Waals surface area contributed by atoms with Crippen LogP contribution in [0.15, 0.2) is 43.0 Å². The van der Waals surface area contributed by atoms with Crippen LogP contribution in [0.1, 0.15) is 11.3 Å². The number of amides is 2. The molecule has 9 heteroatoms. The average Bonchev–Trinajstić information content (AvgIpc) is 3.05. The maximum Gasteiger partial charge on any atom is 0.246 e. The molecule has 0 unspecified atom stereocenters. The first-order chi connectivity index (χ1) is 14.9. The summed E-state index contributed by atoms with van der Waals surface area (Å²) in [5, 5.41) is 7.49. The zero-order valence-corrected chi connectivity index (χ0v) is 18.1. The number of benzene rings is 1. The topological polar surface area (TPSA) is 70.5 Å². The maximum absolute atomic E-state index is 13.2. The number of aryl methyl sites for hydroxylation is 1. The van der Waals surface area contributed by atoms with E-state index in [1.807, 2.05) is 4.90 Å². The van der Waals surface area contributed by atoms with Crippen LogP contribution in [-0.2, 0) is 9.59 Å². The van der Waals surface area contributed by atoms with Crippen LogP contribution in [0.3, 0.4) is 0 Å². The van der Waals surface area contributed by atoms with E-state index < -0.39 is 0 Å². The van der Waals surface area contributed by atoms with Gasteiger partial charge in [-0.3, -0.25) is 14.5 Å². The molecule has 1 aliphatic rings. The lowest BCUT2D eigenvalue weighted by molar-refractivity contribution is -0.128. The van der Waals surface area contributed by atoms with Crippen molar-refractivity contribution in [3.8, 4) is 5.69 Å². The van der Waals surface area contributed by atoms with Crippen molar-refractivity contribution < 1.29 is 14.0 Å². The van der Waals surface area contributed by atoms with E-state index in [2.05, 4.69) is 17.0 Å². The summed E-state index contributed by atoms with van der Waals surface area (Å²) in [4.78, 5) is 28.1. The van der Waals surface area contributed by atoms with Gasteiger partial charge in [0, 0.05) is 44.4 Å². The number of piperazine rings is 1. The minimum absolute atomic E-state index is 0.0529. The van der Waals surface area contributed by atoms with Gasteiger partial charge in [-0.15, -0.1) is 6.58 Å². The zero-order chi connectivity index (χ0) is 22.4. The highest BCUT2D eigenvalue weighted by molar-refractivity contribution is 6.31. The van der Waals surface area contributed by atoms with Crippen LogP contribution in [0.2, 0.25) is 5.15 Å². The minimum atomic E-state index is -0.341. The van der Waals surface area contributed by atoms with E-state index in [-0.39, 0.29) is 17.6 Å². The highest BCUT2D eigenvalue weighted by Crippen LogP contribution is 2.25. The summed E-state index contributed by atoms with van der Waals surface area (Å²) in [5.74, 6) is -0.518. The van der Waals surface area contributed by atoms with Crippen molar-refractivity contribution in [1.29, 1.82) is 0 Å². The Balaban J connectivity index is 1.59. The Hall–Kier alpha value is -2.97. The molecule has 0 aliphatic carbocycles. The Labute approximate surface area is 185 Å². The second kappa shape index (κ2) is 10.4. The molecule has 1 aliphatic heterocycles. The fourth-order valence-corrected chi connectivity index (χ4v) is 3.62. The third-order valence-corrected chi connectivity index (χ3v) is 5.37. The summed E-state index contributed by atoms with van der Waals surface area (Å²) in [6.07, 6.45) is 4.78. The molecule has 3 rings (SSSR count). The molecule has 7 nitrogen and oxygen atoms in total. The highest BCUT2D eigenvalue weighted by atomic mass is 35.5. The molecule has 0 bridgehead atoms. The van der Waals surface area contributed by atoms with Gasteiger partial charge < -0.3 is 10.2 Å². The van der Waals surface area contributed by atoms with Gasteiger partial charge >= 0.3 is 0 Å². The van der Waals surface area contributed by atoms with Gasteiger partial charge in [0.2, 0.25) is 11.8 Å². The molecule has 1 saturated heterocycles. The first-order valence-electron chi connectivity index (χ1n) is 9.97. The summed E-state index contributed by atoms with van der Waals surface area (Å²) < 4.78 is 14.7. The SMILES string of the molecule is C=CCNC(=O)CN1CCN(C(=O)/C=C/c2c(C)nn(-c3ccc(F)cc3)c2Cl)CC1. The zero-order valence-electron chi connectivity index (χ0n) is 17.4. The Bertz CT molecular complexity index is 979. The summed E-state index contributed by atoms with van der Waals surface area (Å²) in [6.45, 7) is 8.46. The van der Waals surface area contributed by atoms with Gasteiger partial charge in [0.25, 0.3) is 0 Å². The Morgan fingerprint density at radius 3 is 2.55 bits per heavy atom. The first kappa shape index (κ1) is 22.7. The monoisotopic (exact) mass is 445 g/mol. The van der Waals surface area contributed by atoms with Gasteiger partial charge in [-0.2, -0.15) is 5.10 Å². The smallest absolute Gasteiger partial charge is 0.246 e. The molecule has 1 aromatic heterocycles. The van der Waals surface area contributed by atoms with E-state index in [9.17, 15) is 14.0 Å². The fraction of sp³-hybridized carbons (Fsp3) is 0.318. The van der Waals surface area contributed by atoms with E-state index in [0.717, 1.165) is 0 Å². The second-order valence-electron chi connectivity index (χ2n) is 7.21. The average molecular weight is 446 g/mol. The summed E-state index contributed by atoms with van der Waals surface area (Å²) in [5.41, 5.74) is 1.93. The predicted octanol–water partition coefficient (Wildman–Crippen LogP) is 2.43.